The Hall–Kier alpha value is -2.12. The van der Waals surface area contributed by atoms with Crippen LogP contribution < -0.4 is 15.0 Å². The number of carbonyl (C=O) groups is 1. The van der Waals surface area contributed by atoms with Gasteiger partial charge in [-0.25, -0.2) is 4.79 Å². The maximum atomic E-state index is 12.1. The van der Waals surface area contributed by atoms with Crippen molar-refractivity contribution in [2.24, 2.45) is 5.92 Å². The number of benzene rings is 1. The van der Waals surface area contributed by atoms with Gasteiger partial charge >= 0.3 is 12.4 Å². The molecule has 8 heteroatoms. The van der Waals surface area contributed by atoms with E-state index in [0.29, 0.717) is 12.5 Å². The van der Waals surface area contributed by atoms with E-state index in [-0.39, 0.29) is 11.8 Å². The highest BCUT2D eigenvalue weighted by molar-refractivity contribution is 5.73. The number of nitrogens with one attached hydrogen (secondary N) is 1. The topological polar surface area (TPSA) is 44.8 Å². The average Bonchev–Trinajstić information content (AvgIpc) is 2.92. The second-order valence-electron chi connectivity index (χ2n) is 5.72. The van der Waals surface area contributed by atoms with Crippen LogP contribution in [0, 0.1) is 5.92 Å². The minimum atomic E-state index is -4.68. The van der Waals surface area contributed by atoms with Gasteiger partial charge in [-0.3, -0.25) is 0 Å². The Labute approximate surface area is 133 Å². The molecule has 0 radical (unpaired) electrons. The Morgan fingerprint density at radius 2 is 2.00 bits per heavy atom. The van der Waals surface area contributed by atoms with Gasteiger partial charge in [0.2, 0.25) is 0 Å². The van der Waals surface area contributed by atoms with Crippen LogP contribution in [0.25, 0.3) is 0 Å². The van der Waals surface area contributed by atoms with Crippen molar-refractivity contribution in [2.45, 2.75) is 12.8 Å². The molecule has 1 aliphatic rings. The number of rotatable bonds is 4. The molecule has 1 saturated heterocycles. The van der Waals surface area contributed by atoms with Gasteiger partial charge in [-0.05, 0) is 36.6 Å². The molecule has 5 nitrogen and oxygen atoms in total. The van der Waals surface area contributed by atoms with Crippen molar-refractivity contribution in [1.29, 1.82) is 0 Å². The number of alkyl halides is 3. The van der Waals surface area contributed by atoms with Gasteiger partial charge in [0.25, 0.3) is 0 Å². The largest absolute Gasteiger partial charge is 0.573 e. The van der Waals surface area contributed by atoms with Crippen LogP contribution in [-0.2, 0) is 0 Å². The average molecular weight is 331 g/mol. The Morgan fingerprint density at radius 3 is 2.57 bits per heavy atom. The van der Waals surface area contributed by atoms with Crippen LogP contribution in [0.15, 0.2) is 24.3 Å². The van der Waals surface area contributed by atoms with Gasteiger partial charge in [0, 0.05) is 39.4 Å². The number of hydrogen-bond donors (Lipinski definition) is 1. The molecule has 1 heterocycles. The van der Waals surface area contributed by atoms with Gasteiger partial charge in [0.1, 0.15) is 5.75 Å². The molecule has 2 rings (SSSR count). The van der Waals surface area contributed by atoms with E-state index in [1.165, 1.54) is 17.0 Å². The van der Waals surface area contributed by atoms with Crippen molar-refractivity contribution >= 4 is 11.7 Å². The van der Waals surface area contributed by atoms with Crippen molar-refractivity contribution < 1.29 is 22.7 Å². The molecular weight excluding hydrogens is 311 g/mol. The fourth-order valence-corrected chi connectivity index (χ4v) is 2.48. The molecule has 0 unspecified atom stereocenters. The second-order valence-corrected chi connectivity index (χ2v) is 5.72. The summed E-state index contributed by atoms with van der Waals surface area (Å²) < 4.78 is 40.2. The van der Waals surface area contributed by atoms with E-state index in [0.717, 1.165) is 25.2 Å². The first-order valence-electron chi connectivity index (χ1n) is 7.30. The van der Waals surface area contributed by atoms with Crippen LogP contribution in [0.4, 0.5) is 23.7 Å². The lowest BCUT2D eigenvalue weighted by Gasteiger charge is -2.20. The fourth-order valence-electron chi connectivity index (χ4n) is 2.48. The number of ether oxygens (including phenoxy) is 1. The summed E-state index contributed by atoms with van der Waals surface area (Å²) in [5, 5.41) is 2.85. The first-order valence-corrected chi connectivity index (χ1v) is 7.30. The lowest BCUT2D eigenvalue weighted by Crippen LogP contribution is -2.38. The summed E-state index contributed by atoms with van der Waals surface area (Å²) in [7, 11) is 3.36. The van der Waals surface area contributed by atoms with E-state index in [9.17, 15) is 18.0 Å². The minimum absolute atomic E-state index is 0.128. The first-order chi connectivity index (χ1) is 10.7. The number of hydrogen-bond acceptors (Lipinski definition) is 3. The number of anilines is 1. The summed E-state index contributed by atoms with van der Waals surface area (Å²) in [6.45, 7) is 2.15. The van der Waals surface area contributed by atoms with Gasteiger partial charge in [0.15, 0.2) is 0 Å². The van der Waals surface area contributed by atoms with Crippen molar-refractivity contribution in [3.8, 4) is 5.75 Å². The Bertz CT molecular complexity index is 532. The number of amides is 2. The monoisotopic (exact) mass is 331 g/mol. The standard InChI is InChI=1S/C15H20F3N3O2/c1-20(2)14(22)19-9-11-7-8-21(10-11)12-3-5-13(6-4-12)23-15(16,17)18/h3-6,11H,7-10H2,1-2H3,(H,19,22)/t11-/m1/s1. The molecule has 128 valence electrons. The summed E-state index contributed by atoms with van der Waals surface area (Å²) in [5.41, 5.74) is 0.848. The maximum Gasteiger partial charge on any atom is 0.573 e. The van der Waals surface area contributed by atoms with Gasteiger partial charge in [-0.1, -0.05) is 0 Å². The van der Waals surface area contributed by atoms with Crippen LogP contribution in [0.2, 0.25) is 0 Å². The van der Waals surface area contributed by atoms with E-state index in [4.69, 9.17) is 0 Å². The molecule has 23 heavy (non-hydrogen) atoms. The highest BCUT2D eigenvalue weighted by Gasteiger charge is 2.31. The molecule has 0 spiro atoms. The van der Waals surface area contributed by atoms with E-state index in [2.05, 4.69) is 15.0 Å². The smallest absolute Gasteiger partial charge is 0.406 e. The number of urea groups is 1. The number of carbonyl (C=O) groups excluding carboxylic acids is 1. The first kappa shape index (κ1) is 17.2. The molecular formula is C15H20F3N3O2. The zero-order chi connectivity index (χ0) is 17.0. The van der Waals surface area contributed by atoms with Gasteiger partial charge in [0.05, 0.1) is 0 Å². The summed E-state index contributed by atoms with van der Waals surface area (Å²) >= 11 is 0. The predicted octanol–water partition coefficient (Wildman–Crippen LogP) is 2.68. The van der Waals surface area contributed by atoms with E-state index in [1.807, 2.05) is 0 Å². The van der Waals surface area contributed by atoms with Crippen LogP contribution >= 0.6 is 0 Å². The molecule has 1 aromatic rings. The molecule has 1 fully saturated rings. The summed E-state index contributed by atoms with van der Waals surface area (Å²) in [6.07, 6.45) is -3.75. The molecule has 1 N–H and O–H groups in total. The summed E-state index contributed by atoms with van der Waals surface area (Å²) in [6, 6.07) is 5.72. The summed E-state index contributed by atoms with van der Waals surface area (Å²) in [4.78, 5) is 15.1. The molecule has 2 amide bonds. The SMILES string of the molecule is CN(C)C(=O)NC[C@H]1CCN(c2ccc(OC(F)(F)F)cc2)C1. The number of nitrogens with zero attached hydrogens (tertiary/aromatic N) is 2. The Morgan fingerprint density at radius 1 is 1.35 bits per heavy atom. The lowest BCUT2D eigenvalue weighted by atomic mass is 10.1. The van der Waals surface area contributed by atoms with Crippen LogP contribution in [0.1, 0.15) is 6.42 Å². The van der Waals surface area contributed by atoms with E-state index >= 15 is 0 Å². The highest BCUT2D eigenvalue weighted by Crippen LogP contribution is 2.28. The van der Waals surface area contributed by atoms with Crippen LogP contribution in [0.5, 0.6) is 5.75 Å². The Balaban J connectivity index is 1.85. The molecule has 1 atom stereocenters. The van der Waals surface area contributed by atoms with Crippen molar-refractivity contribution in [2.75, 3.05) is 38.6 Å². The molecule has 0 saturated carbocycles. The maximum absolute atomic E-state index is 12.1. The fraction of sp³-hybridized carbons (Fsp3) is 0.533. The lowest BCUT2D eigenvalue weighted by molar-refractivity contribution is -0.274. The van der Waals surface area contributed by atoms with E-state index < -0.39 is 6.36 Å². The number of halogens is 3. The Kier molecular flexibility index (Phi) is 5.23. The van der Waals surface area contributed by atoms with Crippen molar-refractivity contribution in [3.63, 3.8) is 0 Å². The van der Waals surface area contributed by atoms with Crippen LogP contribution in [0.3, 0.4) is 0 Å². The second kappa shape index (κ2) is 6.97. The van der Waals surface area contributed by atoms with Gasteiger partial charge in [-0.15, -0.1) is 13.2 Å². The zero-order valence-corrected chi connectivity index (χ0v) is 13.1. The summed E-state index contributed by atoms with van der Waals surface area (Å²) in [5.74, 6) is 0.0974. The molecule has 0 aliphatic carbocycles. The van der Waals surface area contributed by atoms with Crippen LogP contribution in [-0.4, -0.2) is 51.0 Å². The molecule has 1 aromatic carbocycles. The third-order valence-corrected chi connectivity index (χ3v) is 3.67. The third kappa shape index (κ3) is 5.22. The predicted molar refractivity (Wildman–Crippen MR) is 80.5 cm³/mol. The van der Waals surface area contributed by atoms with Gasteiger partial charge in [-0.2, -0.15) is 0 Å². The zero-order valence-electron chi connectivity index (χ0n) is 13.1. The highest BCUT2D eigenvalue weighted by atomic mass is 19.4. The van der Waals surface area contributed by atoms with E-state index in [1.54, 1.807) is 26.2 Å². The molecule has 1 aliphatic heterocycles. The van der Waals surface area contributed by atoms with Crippen molar-refractivity contribution in [1.82, 2.24) is 10.2 Å². The molecule has 0 aromatic heterocycles. The minimum Gasteiger partial charge on any atom is -0.406 e. The quantitative estimate of drug-likeness (QED) is 0.923. The molecule has 0 bridgehead atoms. The van der Waals surface area contributed by atoms with Crippen molar-refractivity contribution in [3.05, 3.63) is 24.3 Å². The normalized spacial score (nSPS) is 18.0. The third-order valence-electron chi connectivity index (χ3n) is 3.67. The van der Waals surface area contributed by atoms with Gasteiger partial charge < -0.3 is 19.9 Å².